The van der Waals surface area contributed by atoms with Crippen LogP contribution in [0.25, 0.3) is 0 Å². The molecule has 0 atom stereocenters. The lowest BCUT2D eigenvalue weighted by molar-refractivity contribution is -0.142. The predicted molar refractivity (Wildman–Crippen MR) is 96.1 cm³/mol. The van der Waals surface area contributed by atoms with Crippen LogP contribution in [0, 0.1) is 6.92 Å². The third kappa shape index (κ3) is 2.97. The van der Waals surface area contributed by atoms with Gasteiger partial charge in [0.15, 0.2) is 0 Å². The summed E-state index contributed by atoms with van der Waals surface area (Å²) in [5.74, 6) is 1.82. The van der Waals surface area contributed by atoms with E-state index in [9.17, 15) is 4.79 Å². The van der Waals surface area contributed by atoms with Crippen molar-refractivity contribution in [3.8, 4) is 11.5 Å². The van der Waals surface area contributed by atoms with E-state index in [1.165, 1.54) is 5.56 Å². The van der Waals surface area contributed by atoms with Gasteiger partial charge < -0.3 is 14.4 Å². The van der Waals surface area contributed by atoms with Crippen LogP contribution >= 0.6 is 0 Å². The first-order valence-electron chi connectivity index (χ1n) is 8.78. The van der Waals surface area contributed by atoms with Gasteiger partial charge in [-0.2, -0.15) is 0 Å². The van der Waals surface area contributed by atoms with Crippen LogP contribution in [-0.2, 0) is 10.2 Å². The Morgan fingerprint density at radius 3 is 2.40 bits per heavy atom. The lowest BCUT2D eigenvalue weighted by Gasteiger charge is -2.41. The number of hydrogen-bond acceptors (Lipinski definition) is 3. The van der Waals surface area contributed by atoms with Crippen molar-refractivity contribution in [3.05, 3.63) is 59.7 Å². The van der Waals surface area contributed by atoms with Crippen LogP contribution in [0.2, 0.25) is 0 Å². The second-order valence-electron chi connectivity index (χ2n) is 7.08. The lowest BCUT2D eigenvalue weighted by Crippen LogP contribution is -2.58. The number of ether oxygens (including phenoxy) is 2. The van der Waals surface area contributed by atoms with Crippen molar-refractivity contribution in [3.63, 3.8) is 0 Å². The van der Waals surface area contributed by atoms with Crippen LogP contribution in [0.1, 0.15) is 24.0 Å². The number of nitrogens with zero attached hydrogens (tertiary/aromatic N) is 1. The molecule has 130 valence electrons. The molecule has 25 heavy (non-hydrogen) atoms. The molecule has 2 aliphatic rings. The Morgan fingerprint density at radius 1 is 1.08 bits per heavy atom. The highest BCUT2D eigenvalue weighted by atomic mass is 16.5. The van der Waals surface area contributed by atoms with E-state index in [1.807, 2.05) is 29.2 Å². The summed E-state index contributed by atoms with van der Waals surface area (Å²) in [6.07, 6.45) is 1.96. The quantitative estimate of drug-likeness (QED) is 0.840. The number of likely N-dealkylation sites (tertiary alicyclic amines) is 1. The lowest BCUT2D eigenvalue weighted by atomic mass is 9.92. The number of benzene rings is 2. The number of carbonyl (C=O) groups excluding carboxylic acids is 1. The summed E-state index contributed by atoms with van der Waals surface area (Å²) in [5.41, 5.74) is 2.09. The fourth-order valence-corrected chi connectivity index (χ4v) is 3.47. The fraction of sp³-hybridized carbons (Fsp3) is 0.381. The molecule has 1 aliphatic carbocycles. The van der Waals surface area contributed by atoms with Gasteiger partial charge in [-0.3, -0.25) is 4.79 Å². The molecule has 4 nitrogen and oxygen atoms in total. The topological polar surface area (TPSA) is 38.8 Å². The van der Waals surface area contributed by atoms with Crippen molar-refractivity contribution in [2.45, 2.75) is 31.3 Å². The fourth-order valence-electron chi connectivity index (χ4n) is 3.47. The van der Waals surface area contributed by atoms with E-state index in [4.69, 9.17) is 9.47 Å². The van der Waals surface area contributed by atoms with Crippen molar-refractivity contribution in [2.75, 3.05) is 20.2 Å². The van der Waals surface area contributed by atoms with Gasteiger partial charge in [-0.15, -0.1) is 0 Å². The molecule has 4 rings (SSSR count). The summed E-state index contributed by atoms with van der Waals surface area (Å²) in [6, 6.07) is 16.0. The van der Waals surface area contributed by atoms with Crippen molar-refractivity contribution < 1.29 is 14.3 Å². The largest absolute Gasteiger partial charge is 0.497 e. The summed E-state index contributed by atoms with van der Waals surface area (Å²) in [6.45, 7) is 3.38. The highest BCUT2D eigenvalue weighted by molar-refractivity contribution is 5.92. The van der Waals surface area contributed by atoms with E-state index >= 15 is 0 Å². The third-order valence-electron chi connectivity index (χ3n) is 5.24. The summed E-state index contributed by atoms with van der Waals surface area (Å²) in [7, 11) is 1.64. The molecule has 2 aromatic rings. The van der Waals surface area contributed by atoms with E-state index in [2.05, 4.69) is 31.2 Å². The van der Waals surface area contributed by atoms with E-state index in [-0.39, 0.29) is 17.4 Å². The number of carbonyl (C=O) groups is 1. The standard InChI is InChI=1S/C21H23NO3/c1-15-6-8-16(9-7-15)21(10-11-21)20(23)22-13-19(14-22)25-18-5-3-4-17(12-18)24-2/h3-9,12,19H,10-11,13-14H2,1-2H3. The summed E-state index contributed by atoms with van der Waals surface area (Å²) < 4.78 is 11.2. The Morgan fingerprint density at radius 2 is 1.76 bits per heavy atom. The van der Waals surface area contributed by atoms with E-state index < -0.39 is 0 Å². The Hall–Kier alpha value is -2.49. The van der Waals surface area contributed by atoms with Gasteiger partial charge in [-0.1, -0.05) is 35.9 Å². The van der Waals surface area contributed by atoms with E-state index in [1.54, 1.807) is 7.11 Å². The summed E-state index contributed by atoms with van der Waals surface area (Å²) in [4.78, 5) is 14.9. The second-order valence-corrected chi connectivity index (χ2v) is 7.08. The van der Waals surface area contributed by atoms with Gasteiger partial charge in [0.25, 0.3) is 0 Å². The smallest absolute Gasteiger partial charge is 0.233 e. The Bertz CT molecular complexity index is 774. The zero-order chi connectivity index (χ0) is 17.4. The number of hydrogen-bond donors (Lipinski definition) is 0. The van der Waals surface area contributed by atoms with Gasteiger partial charge in [0.1, 0.15) is 17.6 Å². The molecule has 1 aliphatic heterocycles. The van der Waals surface area contributed by atoms with Gasteiger partial charge in [-0.05, 0) is 37.5 Å². The minimum atomic E-state index is -0.283. The molecule has 4 heteroatoms. The monoisotopic (exact) mass is 337 g/mol. The van der Waals surface area contributed by atoms with Gasteiger partial charge in [-0.25, -0.2) is 0 Å². The average molecular weight is 337 g/mol. The Labute approximate surface area is 148 Å². The number of methoxy groups -OCH3 is 1. The number of aryl methyl sites for hydroxylation is 1. The molecule has 1 saturated carbocycles. The third-order valence-corrected chi connectivity index (χ3v) is 5.24. The molecule has 1 saturated heterocycles. The highest BCUT2D eigenvalue weighted by Gasteiger charge is 2.54. The van der Waals surface area contributed by atoms with E-state index in [0.29, 0.717) is 13.1 Å². The molecule has 1 heterocycles. The molecular weight excluding hydrogens is 314 g/mol. The first kappa shape index (κ1) is 16.0. The maximum absolute atomic E-state index is 12.9. The summed E-state index contributed by atoms with van der Waals surface area (Å²) >= 11 is 0. The summed E-state index contributed by atoms with van der Waals surface area (Å²) in [5, 5.41) is 0. The van der Waals surface area contributed by atoms with Gasteiger partial charge in [0.2, 0.25) is 5.91 Å². The Balaban J connectivity index is 1.37. The van der Waals surface area contributed by atoms with Gasteiger partial charge >= 0.3 is 0 Å². The molecule has 2 fully saturated rings. The minimum absolute atomic E-state index is 0.0601. The first-order chi connectivity index (χ1) is 12.1. The zero-order valence-corrected chi connectivity index (χ0v) is 14.7. The molecule has 0 N–H and O–H groups in total. The molecule has 1 amide bonds. The van der Waals surface area contributed by atoms with Crippen LogP contribution in [0.5, 0.6) is 11.5 Å². The molecule has 2 aromatic carbocycles. The highest BCUT2D eigenvalue weighted by Crippen LogP contribution is 2.50. The molecule has 0 radical (unpaired) electrons. The van der Waals surface area contributed by atoms with Crippen molar-refractivity contribution >= 4 is 5.91 Å². The minimum Gasteiger partial charge on any atom is -0.497 e. The maximum atomic E-state index is 12.9. The zero-order valence-electron chi connectivity index (χ0n) is 14.7. The van der Waals surface area contributed by atoms with Gasteiger partial charge in [0.05, 0.1) is 25.6 Å². The maximum Gasteiger partial charge on any atom is 0.233 e. The van der Waals surface area contributed by atoms with Crippen LogP contribution in [0.15, 0.2) is 48.5 Å². The second kappa shape index (κ2) is 6.10. The average Bonchev–Trinajstić information content (AvgIpc) is 3.40. The van der Waals surface area contributed by atoms with Crippen LogP contribution in [0.3, 0.4) is 0 Å². The number of amides is 1. The van der Waals surface area contributed by atoms with Crippen LogP contribution in [0.4, 0.5) is 0 Å². The van der Waals surface area contributed by atoms with Crippen molar-refractivity contribution in [1.82, 2.24) is 4.90 Å². The van der Waals surface area contributed by atoms with E-state index in [0.717, 1.165) is 29.9 Å². The molecule has 0 bridgehead atoms. The SMILES string of the molecule is COc1cccc(OC2CN(C(=O)C3(c4ccc(C)cc4)CC3)C2)c1. The van der Waals surface area contributed by atoms with Crippen molar-refractivity contribution in [1.29, 1.82) is 0 Å². The molecule has 0 spiro atoms. The predicted octanol–water partition coefficient (Wildman–Crippen LogP) is 3.33. The molecule has 0 aromatic heterocycles. The van der Waals surface area contributed by atoms with Crippen molar-refractivity contribution in [2.24, 2.45) is 0 Å². The molecule has 0 unspecified atom stereocenters. The first-order valence-corrected chi connectivity index (χ1v) is 8.78. The van der Waals surface area contributed by atoms with Gasteiger partial charge in [0, 0.05) is 6.07 Å². The number of rotatable bonds is 5. The Kier molecular flexibility index (Phi) is 3.91. The van der Waals surface area contributed by atoms with Crippen LogP contribution < -0.4 is 9.47 Å². The normalized spacial score (nSPS) is 18.4. The van der Waals surface area contributed by atoms with Crippen LogP contribution in [-0.4, -0.2) is 37.1 Å². The molecular formula is C21H23NO3.